The first kappa shape index (κ1) is 21.1. The van der Waals surface area contributed by atoms with Gasteiger partial charge in [-0.05, 0) is 63.0 Å². The third-order valence-electron chi connectivity index (χ3n) is 6.25. The summed E-state index contributed by atoms with van der Waals surface area (Å²) in [5.74, 6) is 2.70. The zero-order chi connectivity index (χ0) is 23.1. The molecule has 9 heteroatoms. The Kier molecular flexibility index (Phi) is 5.39. The molecule has 4 heterocycles. The highest BCUT2D eigenvalue weighted by molar-refractivity contribution is 6.36. The van der Waals surface area contributed by atoms with Gasteiger partial charge >= 0.3 is 0 Å². The number of ether oxygens (including phenoxy) is 1. The lowest BCUT2D eigenvalue weighted by atomic mass is 9.98. The van der Waals surface area contributed by atoms with Crippen LogP contribution in [0, 0.1) is 12.8 Å². The predicted octanol–water partition coefficient (Wildman–Crippen LogP) is 5.12. The molecule has 5 aromatic rings. The second-order valence-corrected chi connectivity index (χ2v) is 9.13. The molecule has 34 heavy (non-hydrogen) atoms. The summed E-state index contributed by atoms with van der Waals surface area (Å²) in [4.78, 5) is 17.0. The summed E-state index contributed by atoms with van der Waals surface area (Å²) in [5.41, 5.74) is 4.77. The minimum Gasteiger partial charge on any atom is -0.456 e. The van der Waals surface area contributed by atoms with Gasteiger partial charge in [-0.2, -0.15) is 5.10 Å². The number of hydrogen-bond donors (Lipinski definition) is 2. The van der Waals surface area contributed by atoms with Crippen LogP contribution in [0.5, 0.6) is 11.5 Å². The Labute approximate surface area is 201 Å². The zero-order valence-corrected chi connectivity index (χ0v) is 19.5. The van der Waals surface area contributed by atoms with Gasteiger partial charge in [0.05, 0.1) is 34.6 Å². The van der Waals surface area contributed by atoms with Gasteiger partial charge < -0.3 is 15.0 Å². The van der Waals surface area contributed by atoms with Crippen LogP contribution < -0.4 is 10.1 Å². The average Bonchev–Trinajstić information content (AvgIpc) is 3.47. The van der Waals surface area contributed by atoms with Crippen molar-refractivity contribution in [1.29, 1.82) is 0 Å². The number of fused-ring (bicyclic) bond motifs is 2. The van der Waals surface area contributed by atoms with Crippen LogP contribution in [0.25, 0.3) is 33.3 Å². The Morgan fingerprint density at radius 2 is 1.94 bits per heavy atom. The molecule has 172 valence electrons. The average molecular weight is 474 g/mol. The maximum atomic E-state index is 6.73. The highest BCUT2D eigenvalue weighted by atomic mass is 35.5. The van der Waals surface area contributed by atoms with Crippen LogP contribution in [0.2, 0.25) is 5.02 Å². The number of aromatic nitrogens is 6. The van der Waals surface area contributed by atoms with Crippen LogP contribution in [-0.2, 0) is 6.54 Å². The molecule has 1 saturated heterocycles. The first-order chi connectivity index (χ1) is 16.6. The van der Waals surface area contributed by atoms with E-state index < -0.39 is 0 Å². The first-order valence-electron chi connectivity index (χ1n) is 11.5. The van der Waals surface area contributed by atoms with E-state index in [1.807, 2.05) is 54.3 Å². The molecule has 0 radical (unpaired) electrons. The number of benzene rings is 2. The van der Waals surface area contributed by atoms with E-state index in [0.29, 0.717) is 33.5 Å². The molecule has 6 rings (SSSR count). The lowest BCUT2D eigenvalue weighted by Gasteiger charge is -2.22. The zero-order valence-electron chi connectivity index (χ0n) is 18.8. The van der Waals surface area contributed by atoms with Crippen LogP contribution in [0.1, 0.15) is 18.7 Å². The molecule has 0 bridgehead atoms. The Balaban J connectivity index is 1.28. The van der Waals surface area contributed by atoms with Gasteiger partial charge in [0.15, 0.2) is 0 Å². The topological polar surface area (TPSA) is 93.5 Å². The maximum Gasteiger partial charge on any atom is 0.148 e. The lowest BCUT2D eigenvalue weighted by Crippen LogP contribution is -2.29. The van der Waals surface area contributed by atoms with Crippen molar-refractivity contribution in [2.24, 2.45) is 5.92 Å². The fourth-order valence-electron chi connectivity index (χ4n) is 4.48. The summed E-state index contributed by atoms with van der Waals surface area (Å²) in [5, 5.41) is 8.38. The van der Waals surface area contributed by atoms with Crippen molar-refractivity contribution >= 4 is 33.7 Å². The van der Waals surface area contributed by atoms with Gasteiger partial charge in [0.25, 0.3) is 0 Å². The minimum atomic E-state index is 0.426. The van der Waals surface area contributed by atoms with E-state index in [9.17, 15) is 0 Å². The van der Waals surface area contributed by atoms with Crippen molar-refractivity contribution < 1.29 is 4.74 Å². The fourth-order valence-corrected chi connectivity index (χ4v) is 4.72. The van der Waals surface area contributed by atoms with Crippen molar-refractivity contribution in [2.45, 2.75) is 26.3 Å². The molecule has 1 aliphatic rings. The van der Waals surface area contributed by atoms with Gasteiger partial charge in [-0.3, -0.25) is 9.67 Å². The molecule has 0 spiro atoms. The second-order valence-electron chi connectivity index (χ2n) is 8.75. The van der Waals surface area contributed by atoms with E-state index in [1.165, 1.54) is 12.8 Å². The summed E-state index contributed by atoms with van der Waals surface area (Å²) < 4.78 is 8.11. The highest BCUT2D eigenvalue weighted by Gasteiger charge is 2.16. The third-order valence-corrected chi connectivity index (χ3v) is 6.62. The monoisotopic (exact) mass is 473 g/mol. The van der Waals surface area contributed by atoms with Gasteiger partial charge in [0.1, 0.15) is 27.9 Å². The van der Waals surface area contributed by atoms with E-state index in [1.54, 1.807) is 6.20 Å². The number of halogens is 1. The highest BCUT2D eigenvalue weighted by Crippen LogP contribution is 2.35. The molecule has 3 aromatic heterocycles. The Hall–Kier alpha value is -3.49. The summed E-state index contributed by atoms with van der Waals surface area (Å²) >= 11 is 6.73. The largest absolute Gasteiger partial charge is 0.456 e. The Morgan fingerprint density at radius 3 is 2.82 bits per heavy atom. The number of rotatable bonds is 5. The fraction of sp³-hybridized carbons (Fsp3) is 0.280. The van der Waals surface area contributed by atoms with E-state index in [2.05, 4.69) is 25.4 Å². The molecule has 2 N–H and O–H groups in total. The van der Waals surface area contributed by atoms with E-state index in [0.717, 1.165) is 47.7 Å². The minimum absolute atomic E-state index is 0.426. The normalized spacial score (nSPS) is 14.8. The molecule has 1 fully saturated rings. The van der Waals surface area contributed by atoms with Gasteiger partial charge in [0.2, 0.25) is 0 Å². The molecule has 0 saturated carbocycles. The molecule has 0 atom stereocenters. The van der Waals surface area contributed by atoms with Crippen LogP contribution in [0.15, 0.2) is 48.9 Å². The smallest absolute Gasteiger partial charge is 0.148 e. The molecule has 0 unspecified atom stereocenters. The van der Waals surface area contributed by atoms with Crippen molar-refractivity contribution in [1.82, 2.24) is 35.0 Å². The first-order valence-corrected chi connectivity index (χ1v) is 11.8. The van der Waals surface area contributed by atoms with Gasteiger partial charge in [-0.1, -0.05) is 11.6 Å². The molecular weight excluding hydrogens is 450 g/mol. The van der Waals surface area contributed by atoms with Gasteiger partial charge in [0, 0.05) is 24.4 Å². The van der Waals surface area contributed by atoms with E-state index >= 15 is 0 Å². The number of aromatic amines is 1. The maximum absolute atomic E-state index is 6.73. The molecule has 0 aliphatic carbocycles. The van der Waals surface area contributed by atoms with Crippen molar-refractivity contribution in [3.8, 4) is 22.8 Å². The number of nitrogens with one attached hydrogen (secondary N) is 2. The summed E-state index contributed by atoms with van der Waals surface area (Å²) in [6, 6.07) is 9.39. The number of piperidine rings is 1. The number of aryl methyl sites for hydroxylation is 1. The molecule has 8 nitrogen and oxygen atoms in total. The summed E-state index contributed by atoms with van der Waals surface area (Å²) in [6.45, 7) is 5.00. The SMILES string of the molecule is Cc1nc2ccc(Oc3ccc4ncc(-c5cnn(CC6CCNCC6)c5)nc4c3Cl)cc2[nH]1. The van der Waals surface area contributed by atoms with Crippen LogP contribution in [0.4, 0.5) is 0 Å². The summed E-state index contributed by atoms with van der Waals surface area (Å²) in [6.07, 6.45) is 7.99. The Bertz CT molecular complexity index is 1490. The summed E-state index contributed by atoms with van der Waals surface area (Å²) in [7, 11) is 0. The van der Waals surface area contributed by atoms with Crippen LogP contribution in [-0.4, -0.2) is 42.8 Å². The lowest BCUT2D eigenvalue weighted by molar-refractivity contribution is 0.321. The number of hydrogen-bond acceptors (Lipinski definition) is 6. The van der Waals surface area contributed by atoms with Crippen LogP contribution in [0.3, 0.4) is 0 Å². The van der Waals surface area contributed by atoms with Crippen LogP contribution >= 0.6 is 11.6 Å². The van der Waals surface area contributed by atoms with Crippen molar-refractivity contribution in [2.75, 3.05) is 13.1 Å². The van der Waals surface area contributed by atoms with Gasteiger partial charge in [-0.25, -0.2) is 9.97 Å². The number of H-pyrrole nitrogens is 1. The Morgan fingerprint density at radius 1 is 1.09 bits per heavy atom. The van der Waals surface area contributed by atoms with E-state index in [4.69, 9.17) is 21.3 Å². The molecule has 2 aromatic carbocycles. The number of imidazole rings is 1. The van der Waals surface area contributed by atoms with E-state index in [-0.39, 0.29) is 0 Å². The third kappa shape index (κ3) is 4.10. The molecule has 1 aliphatic heterocycles. The van der Waals surface area contributed by atoms with Crippen molar-refractivity contribution in [3.63, 3.8) is 0 Å². The predicted molar refractivity (Wildman–Crippen MR) is 132 cm³/mol. The second kappa shape index (κ2) is 8.70. The number of nitrogens with zero attached hydrogens (tertiary/aromatic N) is 5. The quantitative estimate of drug-likeness (QED) is 0.368. The van der Waals surface area contributed by atoms with Crippen molar-refractivity contribution in [3.05, 3.63) is 59.8 Å². The van der Waals surface area contributed by atoms with Gasteiger partial charge in [-0.15, -0.1) is 0 Å². The standard InChI is InChI=1S/C25H24ClN7O/c1-15-30-19-3-2-18(10-21(19)31-15)34-23-5-4-20-25(24(23)26)32-22(12-28-20)17-11-29-33(14-17)13-16-6-8-27-9-7-16/h2-5,10-12,14,16,27H,6-9,13H2,1H3,(H,30,31). The molecular formula is C25H24ClN7O. The molecule has 0 amide bonds.